The lowest BCUT2D eigenvalue weighted by atomic mass is 10.2. The number of ether oxygens (including phenoxy) is 4. The van der Waals surface area contributed by atoms with E-state index in [-0.39, 0.29) is 5.91 Å². The molecule has 1 aliphatic heterocycles. The lowest BCUT2D eigenvalue weighted by Gasteiger charge is -2.12. The number of thioether (sulfide) groups is 1. The summed E-state index contributed by atoms with van der Waals surface area (Å²) >= 11 is 6.55. The molecule has 1 saturated heterocycles. The maximum absolute atomic E-state index is 12.5. The first kappa shape index (κ1) is 23.8. The largest absolute Gasteiger partial charge is 0.493 e. The fraction of sp³-hybridized carbons (Fsp3) is 0.250. The summed E-state index contributed by atoms with van der Waals surface area (Å²) in [7, 11) is 1.58. The van der Waals surface area contributed by atoms with Crippen molar-refractivity contribution in [2.45, 2.75) is 0 Å². The summed E-state index contributed by atoms with van der Waals surface area (Å²) in [5, 5.41) is 0. The number of hydrogen-bond acceptors (Lipinski definition) is 7. The van der Waals surface area contributed by atoms with Crippen molar-refractivity contribution in [2.75, 3.05) is 40.1 Å². The molecule has 0 bridgehead atoms. The standard InChI is InChI=1S/C24H25NO5S2/c1-3-11-25-23(26)22(32-24(25)31)17-18-9-10-20(21(16-18)27-2)30-15-13-28-12-14-29-19-7-5-4-6-8-19/h3-10,16-17H,1,11-15H2,2H3. The number of benzene rings is 2. The molecule has 0 atom stereocenters. The third-order valence-electron chi connectivity index (χ3n) is 4.40. The quantitative estimate of drug-likeness (QED) is 0.195. The third-order valence-corrected chi connectivity index (χ3v) is 5.77. The van der Waals surface area contributed by atoms with E-state index in [1.54, 1.807) is 19.3 Å². The maximum atomic E-state index is 12.5. The van der Waals surface area contributed by atoms with Crippen molar-refractivity contribution in [3.63, 3.8) is 0 Å². The van der Waals surface area contributed by atoms with E-state index in [1.165, 1.54) is 16.7 Å². The van der Waals surface area contributed by atoms with Gasteiger partial charge in [0.05, 0.1) is 25.2 Å². The van der Waals surface area contributed by atoms with Crippen LogP contribution in [0.2, 0.25) is 0 Å². The molecule has 168 valence electrons. The molecule has 0 saturated carbocycles. The van der Waals surface area contributed by atoms with Crippen LogP contribution < -0.4 is 14.2 Å². The van der Waals surface area contributed by atoms with Crippen molar-refractivity contribution in [2.24, 2.45) is 0 Å². The molecule has 0 spiro atoms. The summed E-state index contributed by atoms with van der Waals surface area (Å²) in [6.07, 6.45) is 3.45. The Morgan fingerprint density at radius 3 is 2.50 bits per heavy atom. The maximum Gasteiger partial charge on any atom is 0.266 e. The van der Waals surface area contributed by atoms with Crippen molar-refractivity contribution in [3.05, 3.63) is 71.7 Å². The minimum Gasteiger partial charge on any atom is -0.493 e. The summed E-state index contributed by atoms with van der Waals surface area (Å²) in [5.41, 5.74) is 0.822. The van der Waals surface area contributed by atoms with Crippen LogP contribution in [0.1, 0.15) is 5.56 Å². The zero-order chi connectivity index (χ0) is 22.8. The summed E-state index contributed by atoms with van der Waals surface area (Å²) in [4.78, 5) is 14.6. The van der Waals surface area contributed by atoms with Gasteiger partial charge in [-0.3, -0.25) is 9.69 Å². The molecule has 32 heavy (non-hydrogen) atoms. The first-order valence-electron chi connectivity index (χ1n) is 10.0. The van der Waals surface area contributed by atoms with Crippen LogP contribution in [0.25, 0.3) is 6.08 Å². The molecule has 0 aliphatic carbocycles. The second-order valence-corrected chi connectivity index (χ2v) is 8.29. The van der Waals surface area contributed by atoms with Gasteiger partial charge >= 0.3 is 0 Å². The minimum absolute atomic E-state index is 0.118. The fourth-order valence-electron chi connectivity index (χ4n) is 2.88. The molecule has 6 nitrogen and oxygen atoms in total. The van der Waals surface area contributed by atoms with Crippen molar-refractivity contribution in [1.29, 1.82) is 0 Å². The van der Waals surface area contributed by atoms with Crippen molar-refractivity contribution in [1.82, 2.24) is 4.90 Å². The molecule has 0 N–H and O–H groups in total. The zero-order valence-corrected chi connectivity index (χ0v) is 19.5. The van der Waals surface area contributed by atoms with Crippen molar-refractivity contribution in [3.8, 4) is 17.2 Å². The van der Waals surface area contributed by atoms with Gasteiger partial charge in [-0.2, -0.15) is 0 Å². The highest BCUT2D eigenvalue weighted by atomic mass is 32.2. The zero-order valence-electron chi connectivity index (χ0n) is 17.8. The molecular formula is C24H25NO5S2. The molecule has 2 aromatic carbocycles. The van der Waals surface area contributed by atoms with Gasteiger partial charge in [-0.25, -0.2) is 0 Å². The van der Waals surface area contributed by atoms with E-state index in [0.29, 0.717) is 53.7 Å². The van der Waals surface area contributed by atoms with E-state index in [1.807, 2.05) is 48.5 Å². The number of thiocarbonyl (C=S) groups is 1. The normalized spacial score (nSPS) is 14.7. The van der Waals surface area contributed by atoms with Crippen LogP contribution in [0.4, 0.5) is 0 Å². The highest BCUT2D eigenvalue weighted by Crippen LogP contribution is 2.34. The molecule has 0 aromatic heterocycles. The molecule has 1 amide bonds. The van der Waals surface area contributed by atoms with E-state index < -0.39 is 0 Å². The molecule has 3 rings (SSSR count). The van der Waals surface area contributed by atoms with Crippen LogP contribution in [0, 0.1) is 0 Å². The number of amides is 1. The third kappa shape index (κ3) is 6.59. The second-order valence-electron chi connectivity index (χ2n) is 6.61. The second kappa shape index (κ2) is 12.3. The number of methoxy groups -OCH3 is 1. The van der Waals surface area contributed by atoms with Gasteiger partial charge in [0.1, 0.15) is 23.3 Å². The van der Waals surface area contributed by atoms with E-state index >= 15 is 0 Å². The predicted octanol–water partition coefficient (Wildman–Crippen LogP) is 4.56. The van der Waals surface area contributed by atoms with Crippen molar-refractivity contribution < 1.29 is 23.7 Å². The Morgan fingerprint density at radius 2 is 1.78 bits per heavy atom. The number of nitrogens with zero attached hydrogens (tertiary/aromatic N) is 1. The van der Waals surface area contributed by atoms with Crippen molar-refractivity contribution >= 4 is 40.3 Å². The number of rotatable bonds is 12. The van der Waals surface area contributed by atoms with Crippen LogP contribution in [0.15, 0.2) is 66.1 Å². The highest BCUT2D eigenvalue weighted by molar-refractivity contribution is 8.26. The molecule has 1 heterocycles. The molecular weight excluding hydrogens is 446 g/mol. The lowest BCUT2D eigenvalue weighted by molar-refractivity contribution is -0.121. The molecule has 2 aromatic rings. The molecule has 1 aliphatic rings. The number of carbonyl (C=O) groups is 1. The van der Waals surface area contributed by atoms with Gasteiger partial charge in [0.25, 0.3) is 5.91 Å². The Hall–Kier alpha value is -2.81. The average molecular weight is 472 g/mol. The van der Waals surface area contributed by atoms with E-state index in [0.717, 1.165) is 11.3 Å². The molecule has 0 unspecified atom stereocenters. The van der Waals surface area contributed by atoms with Gasteiger partial charge in [-0.15, -0.1) is 6.58 Å². The Bertz CT molecular complexity index is 978. The Labute approximate surface area is 197 Å². The summed E-state index contributed by atoms with van der Waals surface area (Å²) < 4.78 is 22.9. The highest BCUT2D eigenvalue weighted by Gasteiger charge is 2.30. The van der Waals surface area contributed by atoms with Crippen LogP contribution in [-0.4, -0.2) is 55.2 Å². The first-order chi connectivity index (χ1) is 15.6. The van der Waals surface area contributed by atoms with Crippen LogP contribution in [-0.2, 0) is 9.53 Å². The van der Waals surface area contributed by atoms with Crippen LogP contribution in [0.3, 0.4) is 0 Å². The Morgan fingerprint density at radius 1 is 1.03 bits per heavy atom. The summed E-state index contributed by atoms with van der Waals surface area (Å²) in [6, 6.07) is 15.1. The summed E-state index contributed by atoms with van der Waals surface area (Å²) in [6.45, 7) is 5.81. The average Bonchev–Trinajstić information content (AvgIpc) is 3.07. The molecule has 8 heteroatoms. The van der Waals surface area contributed by atoms with E-state index in [9.17, 15) is 4.79 Å². The van der Waals surface area contributed by atoms with Gasteiger partial charge in [-0.1, -0.05) is 54.3 Å². The van der Waals surface area contributed by atoms with Crippen LogP contribution >= 0.6 is 24.0 Å². The minimum atomic E-state index is -0.118. The molecule has 1 fully saturated rings. The van der Waals surface area contributed by atoms with E-state index in [2.05, 4.69) is 6.58 Å². The number of carbonyl (C=O) groups excluding carboxylic acids is 1. The predicted molar refractivity (Wildman–Crippen MR) is 131 cm³/mol. The Kier molecular flexibility index (Phi) is 9.15. The van der Waals surface area contributed by atoms with Gasteiger partial charge < -0.3 is 18.9 Å². The van der Waals surface area contributed by atoms with Gasteiger partial charge in [0.2, 0.25) is 0 Å². The van der Waals surface area contributed by atoms with E-state index in [4.69, 9.17) is 31.2 Å². The SMILES string of the molecule is C=CCN1C(=O)C(=Cc2ccc(OCCOCCOc3ccccc3)c(OC)c2)SC1=S. The Balaban J connectivity index is 1.47. The van der Waals surface area contributed by atoms with Gasteiger partial charge in [0.15, 0.2) is 11.5 Å². The lowest BCUT2D eigenvalue weighted by Crippen LogP contribution is -2.27. The molecule has 0 radical (unpaired) electrons. The van der Waals surface area contributed by atoms with Crippen LogP contribution in [0.5, 0.6) is 17.2 Å². The topological polar surface area (TPSA) is 57.2 Å². The smallest absolute Gasteiger partial charge is 0.266 e. The monoisotopic (exact) mass is 471 g/mol. The van der Waals surface area contributed by atoms with Gasteiger partial charge in [0, 0.05) is 6.54 Å². The first-order valence-corrected chi connectivity index (χ1v) is 11.3. The fourth-order valence-corrected chi connectivity index (χ4v) is 4.15. The number of hydrogen-bond donors (Lipinski definition) is 0. The van der Waals surface area contributed by atoms with Gasteiger partial charge in [-0.05, 0) is 35.9 Å². The summed E-state index contributed by atoms with van der Waals surface area (Å²) in [5.74, 6) is 1.88. The number of para-hydroxylation sites is 1.